The molecule has 33 heavy (non-hydrogen) atoms. The van der Waals surface area contributed by atoms with Gasteiger partial charge in [0.15, 0.2) is 12.3 Å². The zero-order chi connectivity index (χ0) is 23.6. The zero-order valence-corrected chi connectivity index (χ0v) is 18.7. The number of carbonyl (C=O) groups excluding carboxylic acids is 2. The Morgan fingerprint density at radius 1 is 0.970 bits per heavy atom. The second-order valence-corrected chi connectivity index (χ2v) is 9.49. The first-order valence-corrected chi connectivity index (χ1v) is 11.7. The molecule has 172 valence electrons. The molecule has 10 nitrogen and oxygen atoms in total. The van der Waals surface area contributed by atoms with Gasteiger partial charge in [-0.3, -0.25) is 9.59 Å². The van der Waals surface area contributed by atoms with Gasteiger partial charge < -0.3 is 9.64 Å². The van der Waals surface area contributed by atoms with Gasteiger partial charge in [0.25, 0.3) is 11.5 Å². The molecule has 2 heterocycles. The minimum absolute atomic E-state index is 0.0869. The Kier molecular flexibility index (Phi) is 6.25. The first-order chi connectivity index (χ1) is 15.8. The molecule has 4 rings (SSSR count). The summed E-state index contributed by atoms with van der Waals surface area (Å²) in [6, 6.07) is 14.9. The highest BCUT2D eigenvalue weighted by atomic mass is 32.2. The second kappa shape index (κ2) is 9.12. The molecule has 0 saturated carbocycles. The number of ether oxygens (including phenoxy) is 1. The van der Waals surface area contributed by atoms with Crippen molar-refractivity contribution >= 4 is 32.7 Å². The summed E-state index contributed by atoms with van der Waals surface area (Å²) in [5, 5.41) is 5.57. The van der Waals surface area contributed by atoms with Crippen molar-refractivity contribution in [2.75, 3.05) is 32.8 Å². The van der Waals surface area contributed by atoms with Gasteiger partial charge in [-0.15, -0.1) is 0 Å². The number of fused-ring (bicyclic) bond motifs is 1. The fraction of sp³-hybridized carbons (Fsp3) is 0.273. The summed E-state index contributed by atoms with van der Waals surface area (Å²) in [6.45, 7) is 0.137. The number of nitrogens with zero attached hydrogens (tertiary/aromatic N) is 4. The highest BCUT2D eigenvalue weighted by molar-refractivity contribution is 7.89. The Hall–Kier alpha value is -3.57. The molecule has 1 aliphatic rings. The third kappa shape index (κ3) is 4.78. The van der Waals surface area contributed by atoms with Crippen LogP contribution in [-0.4, -0.2) is 72.1 Å². The number of rotatable bonds is 5. The summed E-state index contributed by atoms with van der Waals surface area (Å²) < 4.78 is 33.5. The molecule has 11 heteroatoms. The normalized spacial score (nSPS) is 14.9. The number of hydrogen-bond acceptors (Lipinski definition) is 7. The number of piperazine rings is 1. The lowest BCUT2D eigenvalue weighted by Crippen LogP contribution is -2.51. The van der Waals surface area contributed by atoms with E-state index in [0.717, 1.165) is 15.5 Å². The third-order valence-electron chi connectivity index (χ3n) is 5.45. The minimum Gasteiger partial charge on any atom is -0.451 e. The molecule has 3 aromatic rings. The van der Waals surface area contributed by atoms with Gasteiger partial charge in [0.05, 0.1) is 4.90 Å². The molecule has 1 fully saturated rings. The summed E-state index contributed by atoms with van der Waals surface area (Å²) in [7, 11) is -2.30. The van der Waals surface area contributed by atoms with E-state index >= 15 is 0 Å². The van der Waals surface area contributed by atoms with Crippen molar-refractivity contribution < 1.29 is 22.7 Å². The maximum Gasteiger partial charge on any atom is 0.359 e. The summed E-state index contributed by atoms with van der Waals surface area (Å²) in [4.78, 5) is 37.5. The van der Waals surface area contributed by atoms with E-state index in [2.05, 4.69) is 5.10 Å². The molecule has 1 aromatic heterocycles. The Bertz CT molecular complexity index is 1380. The number of aromatic nitrogens is 2. The first-order valence-electron chi connectivity index (χ1n) is 10.2. The van der Waals surface area contributed by atoms with Gasteiger partial charge in [-0.25, -0.2) is 17.9 Å². The lowest BCUT2D eigenvalue weighted by atomic mass is 10.1. The summed E-state index contributed by atoms with van der Waals surface area (Å²) >= 11 is 0. The molecule has 0 N–H and O–H groups in total. The molecule has 0 unspecified atom stereocenters. The predicted octanol–water partition coefficient (Wildman–Crippen LogP) is 0.623. The number of amides is 1. The maximum absolute atomic E-state index is 13.1. The Morgan fingerprint density at radius 3 is 2.36 bits per heavy atom. The largest absolute Gasteiger partial charge is 0.451 e. The molecule has 1 aliphatic heterocycles. The standard InChI is InChI=1S/C22H22N4O6S/c1-24-20(27)9-8-19(23-24)22(29)32-15-21(28)25-10-12-26(13-11-25)33(30,31)18-7-6-16-4-2-3-5-17(16)14-18/h2-9,14H,10-13,15H2,1H3. The SMILES string of the molecule is Cn1nc(C(=O)OCC(=O)N2CCN(S(=O)(=O)c3ccc4ccccc4c3)CC2)ccc1=O. The smallest absolute Gasteiger partial charge is 0.359 e. The Morgan fingerprint density at radius 2 is 1.67 bits per heavy atom. The van der Waals surface area contributed by atoms with E-state index in [9.17, 15) is 22.8 Å². The number of sulfonamides is 1. The van der Waals surface area contributed by atoms with Crippen molar-refractivity contribution in [2.45, 2.75) is 4.90 Å². The van der Waals surface area contributed by atoms with E-state index in [1.54, 1.807) is 18.2 Å². The van der Waals surface area contributed by atoms with Crippen molar-refractivity contribution in [2.24, 2.45) is 7.05 Å². The molecule has 1 saturated heterocycles. The third-order valence-corrected chi connectivity index (χ3v) is 7.34. The molecule has 0 spiro atoms. The van der Waals surface area contributed by atoms with Crippen LogP contribution in [0, 0.1) is 0 Å². The highest BCUT2D eigenvalue weighted by Gasteiger charge is 2.30. The van der Waals surface area contributed by atoms with Gasteiger partial charge >= 0.3 is 5.97 Å². The first kappa shape index (κ1) is 22.6. The van der Waals surface area contributed by atoms with Crippen LogP contribution in [0.15, 0.2) is 64.3 Å². The molecule has 0 aliphatic carbocycles. The van der Waals surface area contributed by atoms with Crippen molar-refractivity contribution in [1.82, 2.24) is 19.0 Å². The minimum atomic E-state index is -3.70. The molecular formula is C22H22N4O6S. The topological polar surface area (TPSA) is 119 Å². The van der Waals surface area contributed by atoms with Gasteiger partial charge in [-0.1, -0.05) is 30.3 Å². The second-order valence-electron chi connectivity index (χ2n) is 7.55. The van der Waals surface area contributed by atoms with Crippen LogP contribution < -0.4 is 5.56 Å². The highest BCUT2D eigenvalue weighted by Crippen LogP contribution is 2.22. The quantitative estimate of drug-likeness (QED) is 0.502. The van der Waals surface area contributed by atoms with E-state index in [4.69, 9.17) is 4.74 Å². The molecule has 0 radical (unpaired) electrons. The molecule has 0 bridgehead atoms. The van der Waals surface area contributed by atoms with Crippen molar-refractivity contribution in [3.63, 3.8) is 0 Å². The Labute approximate surface area is 190 Å². The average molecular weight is 471 g/mol. The van der Waals surface area contributed by atoms with Crippen molar-refractivity contribution in [3.05, 3.63) is 70.6 Å². The maximum atomic E-state index is 13.1. The van der Waals surface area contributed by atoms with Gasteiger partial charge in [0.1, 0.15) is 0 Å². The number of aryl methyl sites for hydroxylation is 1. The zero-order valence-electron chi connectivity index (χ0n) is 17.9. The van der Waals surface area contributed by atoms with E-state index in [1.165, 1.54) is 28.4 Å². The van der Waals surface area contributed by atoms with E-state index in [1.807, 2.05) is 24.3 Å². The summed E-state index contributed by atoms with van der Waals surface area (Å²) in [5.74, 6) is -1.26. The van der Waals surface area contributed by atoms with Crippen molar-refractivity contribution in [1.29, 1.82) is 0 Å². The van der Waals surface area contributed by atoms with Crippen molar-refractivity contribution in [3.8, 4) is 0 Å². The number of esters is 1. The fourth-order valence-corrected chi connectivity index (χ4v) is 5.02. The fourth-order valence-electron chi connectivity index (χ4n) is 3.56. The van der Waals surface area contributed by atoms with Gasteiger partial charge in [0.2, 0.25) is 10.0 Å². The monoisotopic (exact) mass is 470 g/mol. The Balaban J connectivity index is 1.34. The number of carbonyl (C=O) groups is 2. The van der Waals surface area contributed by atoms with Crippen LogP contribution in [0.3, 0.4) is 0 Å². The summed E-state index contributed by atoms with van der Waals surface area (Å²) in [5.41, 5.74) is -0.463. The van der Waals surface area contributed by atoms with E-state index in [-0.39, 0.29) is 42.3 Å². The van der Waals surface area contributed by atoms with Crippen LogP contribution in [0.2, 0.25) is 0 Å². The molecule has 2 aromatic carbocycles. The van der Waals surface area contributed by atoms with Crippen LogP contribution in [0.4, 0.5) is 0 Å². The molecular weight excluding hydrogens is 448 g/mol. The average Bonchev–Trinajstić information content (AvgIpc) is 2.83. The summed E-state index contributed by atoms with van der Waals surface area (Å²) in [6.07, 6.45) is 0. The molecule has 0 atom stereocenters. The van der Waals surface area contributed by atoms with E-state index < -0.39 is 28.5 Å². The van der Waals surface area contributed by atoms with Gasteiger partial charge in [-0.05, 0) is 29.0 Å². The van der Waals surface area contributed by atoms with Crippen LogP contribution in [0.5, 0.6) is 0 Å². The predicted molar refractivity (Wildman–Crippen MR) is 119 cm³/mol. The number of benzene rings is 2. The van der Waals surface area contributed by atoms with Gasteiger partial charge in [-0.2, -0.15) is 9.40 Å². The lowest BCUT2D eigenvalue weighted by molar-refractivity contribution is -0.135. The lowest BCUT2D eigenvalue weighted by Gasteiger charge is -2.33. The van der Waals surface area contributed by atoms with Gasteiger partial charge in [0, 0.05) is 39.3 Å². The van der Waals surface area contributed by atoms with Crippen LogP contribution in [0.1, 0.15) is 10.5 Å². The van der Waals surface area contributed by atoms with Crippen LogP contribution in [0.25, 0.3) is 10.8 Å². The van der Waals surface area contributed by atoms with E-state index in [0.29, 0.717) is 0 Å². The molecule has 1 amide bonds. The van der Waals surface area contributed by atoms with Crippen LogP contribution in [-0.2, 0) is 26.6 Å². The number of hydrogen-bond donors (Lipinski definition) is 0. The van der Waals surface area contributed by atoms with Crippen LogP contribution >= 0.6 is 0 Å².